The molecule has 0 bridgehead atoms. The number of likely N-dealkylation sites (tertiary alicyclic amines) is 1. The summed E-state index contributed by atoms with van der Waals surface area (Å²) in [4.78, 5) is 25.7. The van der Waals surface area contributed by atoms with Crippen molar-refractivity contribution in [2.24, 2.45) is 5.92 Å². The van der Waals surface area contributed by atoms with Crippen molar-refractivity contribution in [1.29, 1.82) is 5.26 Å². The first-order valence-corrected chi connectivity index (χ1v) is 8.30. The number of urea groups is 1. The van der Waals surface area contributed by atoms with Crippen molar-refractivity contribution < 1.29 is 14.7 Å². The van der Waals surface area contributed by atoms with Gasteiger partial charge in [-0.25, -0.2) is 4.79 Å². The molecule has 1 aromatic carbocycles. The normalized spacial score (nSPS) is 18.3. The molecule has 6 nitrogen and oxygen atoms in total. The predicted octanol–water partition coefficient (Wildman–Crippen LogP) is 3.02. The number of carboxylic acids is 1. The largest absolute Gasteiger partial charge is 0.481 e. The zero-order valence-corrected chi connectivity index (χ0v) is 13.7. The second-order valence-corrected chi connectivity index (χ2v) is 6.97. The fraction of sp³-hybridized carbons (Fsp3) is 0.438. The quantitative estimate of drug-likeness (QED) is 0.808. The molecule has 1 aliphatic heterocycles. The van der Waals surface area contributed by atoms with Gasteiger partial charge >= 0.3 is 12.0 Å². The zero-order chi connectivity index (χ0) is 16.8. The van der Waals surface area contributed by atoms with E-state index in [1.165, 1.54) is 16.7 Å². The van der Waals surface area contributed by atoms with E-state index in [2.05, 4.69) is 11.4 Å². The number of benzene rings is 1. The molecule has 2 atom stereocenters. The molecule has 1 aromatic rings. The molecule has 1 saturated heterocycles. The Bertz CT molecular complexity index is 629. The van der Waals surface area contributed by atoms with Crippen molar-refractivity contribution in [2.75, 3.05) is 18.4 Å². The third-order valence-electron chi connectivity index (χ3n) is 3.66. The lowest BCUT2D eigenvalue weighted by atomic mass is 10.1. The minimum Gasteiger partial charge on any atom is -0.481 e. The lowest BCUT2D eigenvalue weighted by molar-refractivity contribution is -0.141. The molecule has 0 saturated carbocycles. The van der Waals surface area contributed by atoms with Crippen LogP contribution in [0.15, 0.2) is 29.2 Å². The molecule has 1 heterocycles. The maximum absolute atomic E-state index is 12.3. The van der Waals surface area contributed by atoms with Gasteiger partial charge in [0.15, 0.2) is 0 Å². The average Bonchev–Trinajstić information content (AvgIpc) is 2.99. The van der Waals surface area contributed by atoms with Gasteiger partial charge in [0.1, 0.15) is 0 Å². The number of carbonyl (C=O) groups is 2. The molecule has 2 N–H and O–H groups in total. The average molecular weight is 333 g/mol. The minimum atomic E-state index is -0.860. The number of nitrogens with zero attached hydrogens (tertiary/aromatic N) is 2. The van der Waals surface area contributed by atoms with Crippen LogP contribution in [0.2, 0.25) is 0 Å². The Morgan fingerprint density at radius 2 is 2.26 bits per heavy atom. The number of hydrogen-bond donors (Lipinski definition) is 2. The van der Waals surface area contributed by atoms with Gasteiger partial charge in [0.25, 0.3) is 0 Å². The van der Waals surface area contributed by atoms with E-state index in [1.807, 2.05) is 31.2 Å². The van der Waals surface area contributed by atoms with Gasteiger partial charge in [0, 0.05) is 29.7 Å². The SMILES string of the molecule is CC(CC#N)Sc1ccccc1NC(=O)N1CCC(C(=O)O)C1. The van der Waals surface area contributed by atoms with Gasteiger partial charge in [-0.2, -0.15) is 5.26 Å². The topological polar surface area (TPSA) is 93.4 Å². The van der Waals surface area contributed by atoms with Crippen LogP contribution >= 0.6 is 11.8 Å². The van der Waals surface area contributed by atoms with Gasteiger partial charge in [-0.15, -0.1) is 11.8 Å². The van der Waals surface area contributed by atoms with E-state index in [4.69, 9.17) is 10.4 Å². The summed E-state index contributed by atoms with van der Waals surface area (Å²) in [5.41, 5.74) is 0.686. The molecule has 122 valence electrons. The number of amides is 2. The summed E-state index contributed by atoms with van der Waals surface area (Å²) in [7, 11) is 0. The molecule has 0 aliphatic carbocycles. The van der Waals surface area contributed by atoms with Crippen LogP contribution in [-0.4, -0.2) is 40.3 Å². The van der Waals surface area contributed by atoms with Crippen LogP contribution < -0.4 is 5.32 Å². The Balaban J connectivity index is 2.01. The highest BCUT2D eigenvalue weighted by Crippen LogP contribution is 2.32. The molecule has 7 heteroatoms. The van der Waals surface area contributed by atoms with Gasteiger partial charge in [0.05, 0.1) is 17.7 Å². The van der Waals surface area contributed by atoms with Crippen LogP contribution in [0.3, 0.4) is 0 Å². The zero-order valence-electron chi connectivity index (χ0n) is 12.9. The Morgan fingerprint density at radius 3 is 2.91 bits per heavy atom. The summed E-state index contributed by atoms with van der Waals surface area (Å²) in [5, 5.41) is 20.7. The highest BCUT2D eigenvalue weighted by molar-refractivity contribution is 8.00. The summed E-state index contributed by atoms with van der Waals surface area (Å²) in [6.45, 7) is 2.65. The highest BCUT2D eigenvalue weighted by Gasteiger charge is 2.31. The van der Waals surface area contributed by atoms with E-state index < -0.39 is 11.9 Å². The molecular weight excluding hydrogens is 314 g/mol. The number of carbonyl (C=O) groups excluding carboxylic acids is 1. The lowest BCUT2D eigenvalue weighted by Crippen LogP contribution is -2.33. The summed E-state index contributed by atoms with van der Waals surface area (Å²) in [6.07, 6.45) is 0.914. The maximum Gasteiger partial charge on any atom is 0.321 e. The van der Waals surface area contributed by atoms with Crippen molar-refractivity contribution in [3.05, 3.63) is 24.3 Å². The van der Waals surface area contributed by atoms with Gasteiger partial charge in [-0.1, -0.05) is 19.1 Å². The van der Waals surface area contributed by atoms with Crippen LogP contribution in [0.1, 0.15) is 19.8 Å². The molecule has 1 fully saturated rings. The molecule has 2 amide bonds. The van der Waals surface area contributed by atoms with Crippen molar-refractivity contribution >= 4 is 29.4 Å². The summed E-state index contributed by atoms with van der Waals surface area (Å²) >= 11 is 1.53. The van der Waals surface area contributed by atoms with Gasteiger partial charge in [-0.05, 0) is 18.6 Å². The Labute approximate surface area is 139 Å². The highest BCUT2D eigenvalue weighted by atomic mass is 32.2. The van der Waals surface area contributed by atoms with Gasteiger partial charge < -0.3 is 15.3 Å². The number of para-hydroxylation sites is 1. The fourth-order valence-electron chi connectivity index (χ4n) is 2.40. The predicted molar refractivity (Wildman–Crippen MR) is 88.3 cm³/mol. The standard InChI is InChI=1S/C16H19N3O3S/c1-11(6-8-17)23-14-5-3-2-4-13(14)18-16(22)19-9-7-12(10-19)15(20)21/h2-5,11-12H,6-7,9-10H2,1H3,(H,18,22)(H,20,21). The summed E-state index contributed by atoms with van der Waals surface area (Å²) < 4.78 is 0. The summed E-state index contributed by atoms with van der Waals surface area (Å²) in [6, 6.07) is 9.28. The Morgan fingerprint density at radius 1 is 1.52 bits per heavy atom. The van der Waals surface area contributed by atoms with Crippen molar-refractivity contribution in [3.8, 4) is 6.07 Å². The molecule has 2 rings (SSSR count). The maximum atomic E-state index is 12.3. The minimum absolute atomic E-state index is 0.126. The summed E-state index contributed by atoms with van der Waals surface area (Å²) in [5.74, 6) is -1.34. The number of thioether (sulfide) groups is 1. The molecule has 23 heavy (non-hydrogen) atoms. The van der Waals surface area contributed by atoms with E-state index in [0.717, 1.165) is 4.90 Å². The molecular formula is C16H19N3O3S. The van der Waals surface area contributed by atoms with Crippen molar-refractivity contribution in [3.63, 3.8) is 0 Å². The Hall–Kier alpha value is -2.20. The van der Waals surface area contributed by atoms with Crippen molar-refractivity contribution in [2.45, 2.75) is 29.9 Å². The van der Waals surface area contributed by atoms with Crippen LogP contribution in [0.5, 0.6) is 0 Å². The number of nitrogens with one attached hydrogen (secondary N) is 1. The first-order valence-electron chi connectivity index (χ1n) is 7.42. The van der Waals surface area contributed by atoms with Gasteiger partial charge in [0.2, 0.25) is 0 Å². The van der Waals surface area contributed by atoms with Gasteiger partial charge in [-0.3, -0.25) is 4.79 Å². The second-order valence-electron chi connectivity index (χ2n) is 5.49. The number of nitriles is 1. The lowest BCUT2D eigenvalue weighted by Gasteiger charge is -2.19. The monoisotopic (exact) mass is 333 g/mol. The van der Waals surface area contributed by atoms with Crippen LogP contribution in [-0.2, 0) is 4.79 Å². The first kappa shape index (κ1) is 17.2. The van der Waals surface area contributed by atoms with E-state index in [-0.39, 0.29) is 17.8 Å². The van der Waals surface area contributed by atoms with Crippen LogP contribution in [0, 0.1) is 17.2 Å². The number of hydrogen-bond acceptors (Lipinski definition) is 4. The van der Waals surface area contributed by atoms with E-state index in [9.17, 15) is 9.59 Å². The van der Waals surface area contributed by atoms with E-state index >= 15 is 0 Å². The third-order valence-corrected chi connectivity index (χ3v) is 4.84. The number of rotatable bonds is 5. The van der Waals surface area contributed by atoms with Crippen LogP contribution in [0.25, 0.3) is 0 Å². The van der Waals surface area contributed by atoms with E-state index in [0.29, 0.717) is 25.1 Å². The molecule has 0 aromatic heterocycles. The molecule has 1 aliphatic rings. The number of aliphatic carboxylic acids is 1. The van der Waals surface area contributed by atoms with E-state index in [1.54, 1.807) is 0 Å². The molecule has 0 spiro atoms. The van der Waals surface area contributed by atoms with Crippen molar-refractivity contribution in [1.82, 2.24) is 4.90 Å². The smallest absolute Gasteiger partial charge is 0.321 e. The number of anilines is 1. The second kappa shape index (κ2) is 7.88. The fourth-order valence-corrected chi connectivity index (χ4v) is 3.39. The van der Waals surface area contributed by atoms with Crippen LogP contribution in [0.4, 0.5) is 10.5 Å². The number of carboxylic acid groups (broad SMARTS) is 1. The molecule has 2 unspecified atom stereocenters. The Kier molecular flexibility index (Phi) is 5.88. The molecule has 0 radical (unpaired) electrons. The third kappa shape index (κ3) is 4.63. The first-order chi connectivity index (χ1) is 11.0.